The Bertz CT molecular complexity index is 701. The van der Waals surface area contributed by atoms with Gasteiger partial charge in [-0.25, -0.2) is 9.18 Å². The van der Waals surface area contributed by atoms with Crippen molar-refractivity contribution in [1.29, 1.82) is 0 Å². The summed E-state index contributed by atoms with van der Waals surface area (Å²) in [5.74, 6) is -0.0121. The zero-order valence-corrected chi connectivity index (χ0v) is 16.5. The zero-order chi connectivity index (χ0) is 19.7. The van der Waals surface area contributed by atoms with Crippen LogP contribution >= 0.6 is 0 Å². The van der Waals surface area contributed by atoms with E-state index in [0.29, 0.717) is 38.5 Å². The van der Waals surface area contributed by atoms with Gasteiger partial charge >= 0.3 is 12.0 Å². The number of likely N-dealkylation sites (tertiary alicyclic amines) is 1. The number of hydrogen-bond donors (Lipinski definition) is 0. The van der Waals surface area contributed by atoms with Gasteiger partial charge in [0.1, 0.15) is 5.82 Å². The first-order valence-electron chi connectivity index (χ1n) is 10.6. The fourth-order valence-electron chi connectivity index (χ4n) is 5.23. The third kappa shape index (κ3) is 3.74. The van der Waals surface area contributed by atoms with Crippen LogP contribution in [0, 0.1) is 11.7 Å². The highest BCUT2D eigenvalue weighted by atomic mass is 19.1. The lowest BCUT2D eigenvalue weighted by Crippen LogP contribution is -2.53. The molecule has 3 aliphatic heterocycles. The van der Waals surface area contributed by atoms with Crippen LogP contribution in [0.15, 0.2) is 24.3 Å². The highest BCUT2D eigenvalue weighted by molar-refractivity contribution is 5.77. The summed E-state index contributed by atoms with van der Waals surface area (Å²) < 4.78 is 18.3. The van der Waals surface area contributed by atoms with Gasteiger partial charge in [-0.15, -0.1) is 0 Å². The Kier molecular flexibility index (Phi) is 5.56. The average molecular weight is 388 g/mol. The summed E-state index contributed by atoms with van der Waals surface area (Å²) in [6.07, 6.45) is 5.37. The molecule has 3 saturated heterocycles. The van der Waals surface area contributed by atoms with Gasteiger partial charge in [0.05, 0.1) is 12.5 Å². The standard InChI is InChI=1S/C22H29FN2O3/c1-2-28-21(26)16-9-11-24(12-10-16)22(27)25-19-7-8-20(25)14-17(13-19)15-3-5-18(23)6-4-15/h3-6,16-17,19-20H,2,7-14H2,1H3/t17?,19-,20+. The van der Waals surface area contributed by atoms with E-state index in [0.717, 1.165) is 25.7 Å². The second-order valence-corrected chi connectivity index (χ2v) is 8.31. The first-order chi connectivity index (χ1) is 13.6. The van der Waals surface area contributed by atoms with E-state index < -0.39 is 0 Å². The van der Waals surface area contributed by atoms with Gasteiger partial charge in [-0.05, 0) is 69.1 Å². The van der Waals surface area contributed by atoms with Crippen LogP contribution in [0.3, 0.4) is 0 Å². The van der Waals surface area contributed by atoms with E-state index in [9.17, 15) is 14.0 Å². The van der Waals surface area contributed by atoms with E-state index in [-0.39, 0.29) is 35.8 Å². The second kappa shape index (κ2) is 8.10. The lowest BCUT2D eigenvalue weighted by molar-refractivity contribution is -0.149. The Morgan fingerprint density at radius 1 is 1.04 bits per heavy atom. The Hall–Kier alpha value is -2.11. The van der Waals surface area contributed by atoms with Crippen LogP contribution in [0.2, 0.25) is 0 Å². The van der Waals surface area contributed by atoms with Crippen molar-refractivity contribution in [3.05, 3.63) is 35.6 Å². The van der Waals surface area contributed by atoms with E-state index in [1.54, 1.807) is 0 Å². The van der Waals surface area contributed by atoms with Crippen molar-refractivity contribution in [3.8, 4) is 0 Å². The molecular formula is C22H29FN2O3. The molecule has 2 bridgehead atoms. The molecule has 2 amide bonds. The molecule has 0 saturated carbocycles. The van der Waals surface area contributed by atoms with E-state index in [4.69, 9.17) is 4.74 Å². The zero-order valence-electron chi connectivity index (χ0n) is 16.5. The van der Waals surface area contributed by atoms with Crippen LogP contribution in [0.1, 0.15) is 56.9 Å². The predicted molar refractivity (Wildman–Crippen MR) is 103 cm³/mol. The summed E-state index contributed by atoms with van der Waals surface area (Å²) in [5.41, 5.74) is 1.18. The van der Waals surface area contributed by atoms with Gasteiger partial charge in [0.15, 0.2) is 0 Å². The fraction of sp³-hybridized carbons (Fsp3) is 0.636. The highest BCUT2D eigenvalue weighted by Crippen LogP contribution is 2.43. The molecule has 152 valence electrons. The van der Waals surface area contributed by atoms with E-state index in [1.807, 2.05) is 24.0 Å². The second-order valence-electron chi connectivity index (χ2n) is 8.31. The Labute approximate surface area is 165 Å². The Balaban J connectivity index is 1.36. The average Bonchev–Trinajstić information content (AvgIpc) is 2.97. The largest absolute Gasteiger partial charge is 0.466 e. The number of halogens is 1. The van der Waals surface area contributed by atoms with Crippen molar-refractivity contribution in [3.63, 3.8) is 0 Å². The molecule has 1 aromatic rings. The van der Waals surface area contributed by atoms with Crippen molar-refractivity contribution < 1.29 is 18.7 Å². The SMILES string of the molecule is CCOC(=O)C1CCN(C(=O)N2[C@@H]3CC[C@H]2CC(c2ccc(F)cc2)C3)CC1. The van der Waals surface area contributed by atoms with Crippen LogP contribution in [-0.4, -0.2) is 53.6 Å². The number of esters is 1. The molecule has 6 heteroatoms. The monoisotopic (exact) mass is 388 g/mol. The molecule has 5 nitrogen and oxygen atoms in total. The molecule has 28 heavy (non-hydrogen) atoms. The molecule has 0 radical (unpaired) electrons. The molecule has 3 fully saturated rings. The lowest BCUT2D eigenvalue weighted by Gasteiger charge is -2.43. The number of nitrogens with zero attached hydrogens (tertiary/aromatic N) is 2. The molecule has 1 unspecified atom stereocenters. The number of amides is 2. The summed E-state index contributed by atoms with van der Waals surface area (Å²) in [7, 11) is 0. The van der Waals surface area contributed by atoms with Gasteiger partial charge in [-0.3, -0.25) is 4.79 Å². The van der Waals surface area contributed by atoms with E-state index in [2.05, 4.69) is 4.90 Å². The van der Waals surface area contributed by atoms with Crippen LogP contribution in [-0.2, 0) is 9.53 Å². The number of fused-ring (bicyclic) bond motifs is 2. The third-order valence-electron chi connectivity index (χ3n) is 6.68. The maximum atomic E-state index is 13.2. The molecular weight excluding hydrogens is 359 g/mol. The first kappa shape index (κ1) is 19.2. The molecule has 4 rings (SSSR count). The van der Waals surface area contributed by atoms with Crippen LogP contribution in [0.4, 0.5) is 9.18 Å². The van der Waals surface area contributed by atoms with E-state index >= 15 is 0 Å². The van der Waals surface area contributed by atoms with Gasteiger partial charge in [0.2, 0.25) is 0 Å². The normalized spacial score (nSPS) is 27.7. The highest BCUT2D eigenvalue weighted by Gasteiger charge is 2.45. The molecule has 3 aliphatic rings. The number of hydrogen-bond acceptors (Lipinski definition) is 3. The van der Waals surface area contributed by atoms with Crippen LogP contribution in [0.5, 0.6) is 0 Å². The molecule has 3 atom stereocenters. The van der Waals surface area contributed by atoms with Crippen LogP contribution < -0.4 is 0 Å². The quantitative estimate of drug-likeness (QED) is 0.737. The smallest absolute Gasteiger partial charge is 0.320 e. The van der Waals surface area contributed by atoms with E-state index in [1.165, 1.54) is 17.7 Å². The van der Waals surface area contributed by atoms with Crippen molar-refractivity contribution in [1.82, 2.24) is 9.80 Å². The van der Waals surface area contributed by atoms with Gasteiger partial charge < -0.3 is 14.5 Å². The summed E-state index contributed by atoms with van der Waals surface area (Å²) in [6.45, 7) is 3.48. The third-order valence-corrected chi connectivity index (χ3v) is 6.68. The maximum absolute atomic E-state index is 13.2. The predicted octanol–water partition coefficient (Wildman–Crippen LogP) is 3.93. The van der Waals surface area contributed by atoms with Gasteiger partial charge in [-0.2, -0.15) is 0 Å². The molecule has 0 spiro atoms. The number of carbonyl (C=O) groups is 2. The Morgan fingerprint density at radius 3 is 2.21 bits per heavy atom. The van der Waals surface area contributed by atoms with Crippen molar-refractivity contribution in [2.75, 3.05) is 19.7 Å². The van der Waals surface area contributed by atoms with Gasteiger partial charge in [0, 0.05) is 25.2 Å². The summed E-state index contributed by atoms with van der Waals surface area (Å²) in [6, 6.07) is 7.50. The number of urea groups is 1. The van der Waals surface area contributed by atoms with Crippen molar-refractivity contribution in [2.45, 2.75) is 63.5 Å². The number of carbonyl (C=O) groups excluding carboxylic acids is 2. The van der Waals surface area contributed by atoms with Crippen molar-refractivity contribution in [2.24, 2.45) is 5.92 Å². The van der Waals surface area contributed by atoms with Crippen molar-refractivity contribution >= 4 is 12.0 Å². The van der Waals surface area contributed by atoms with Crippen LogP contribution in [0.25, 0.3) is 0 Å². The minimum atomic E-state index is -0.203. The maximum Gasteiger partial charge on any atom is 0.320 e. The minimum Gasteiger partial charge on any atom is -0.466 e. The molecule has 0 N–H and O–H groups in total. The Morgan fingerprint density at radius 2 is 1.64 bits per heavy atom. The summed E-state index contributed by atoms with van der Waals surface area (Å²) in [4.78, 5) is 29.1. The topological polar surface area (TPSA) is 49.9 Å². The summed E-state index contributed by atoms with van der Waals surface area (Å²) in [5, 5.41) is 0. The first-order valence-corrected chi connectivity index (χ1v) is 10.6. The molecule has 1 aromatic carbocycles. The molecule has 0 aromatic heterocycles. The fourth-order valence-corrected chi connectivity index (χ4v) is 5.23. The lowest BCUT2D eigenvalue weighted by atomic mass is 9.85. The molecule has 3 heterocycles. The van der Waals surface area contributed by atoms with Gasteiger partial charge in [0.25, 0.3) is 0 Å². The molecule has 0 aliphatic carbocycles. The summed E-state index contributed by atoms with van der Waals surface area (Å²) >= 11 is 0. The minimum absolute atomic E-state index is 0.0788. The van der Waals surface area contributed by atoms with Gasteiger partial charge in [-0.1, -0.05) is 12.1 Å². The number of benzene rings is 1. The number of rotatable bonds is 3. The number of ether oxygens (including phenoxy) is 1. The number of piperidine rings is 2.